The number of benzene rings is 4. The summed E-state index contributed by atoms with van der Waals surface area (Å²) in [7, 11) is 0. The van der Waals surface area contributed by atoms with Crippen LogP contribution >= 0.6 is 0 Å². The average molecular weight is 670 g/mol. The molecule has 3 heteroatoms. The first-order valence-electron chi connectivity index (χ1n) is 14.3. The van der Waals surface area contributed by atoms with E-state index in [0.29, 0.717) is 5.92 Å². The largest absolute Gasteiger partial charge is 3.00 e. The van der Waals surface area contributed by atoms with Gasteiger partial charge in [0.2, 0.25) is 0 Å². The van der Waals surface area contributed by atoms with Gasteiger partial charge in [0.25, 0.3) is 0 Å². The second-order valence-electron chi connectivity index (χ2n) is 13.3. The van der Waals surface area contributed by atoms with E-state index in [1.807, 2.05) is 0 Å². The maximum atomic E-state index is 2.44. The number of hydrogen-bond acceptors (Lipinski definition) is 0. The van der Waals surface area contributed by atoms with Crippen LogP contribution < -0.4 is 24.8 Å². The molecule has 5 aromatic carbocycles. The molecule has 0 aromatic heterocycles. The van der Waals surface area contributed by atoms with Gasteiger partial charge in [0.05, 0.1) is 0 Å². The summed E-state index contributed by atoms with van der Waals surface area (Å²) in [5, 5.41) is 2.64. The summed E-state index contributed by atoms with van der Waals surface area (Å²) in [5.41, 5.74) is 13.8. The summed E-state index contributed by atoms with van der Waals surface area (Å²) >= 11 is 0. The van der Waals surface area contributed by atoms with E-state index in [1.165, 1.54) is 66.4 Å². The first kappa shape index (κ1) is 34.2. The van der Waals surface area contributed by atoms with Crippen LogP contribution in [0.3, 0.4) is 0 Å². The molecular weight excluding hydrogens is 631 g/mol. The van der Waals surface area contributed by atoms with Gasteiger partial charge < -0.3 is 24.8 Å². The minimum absolute atomic E-state index is 0. The number of rotatable bonds is 3. The molecule has 1 radical (unpaired) electrons. The van der Waals surface area contributed by atoms with E-state index in [0.717, 1.165) is 0 Å². The van der Waals surface area contributed by atoms with Gasteiger partial charge in [0.1, 0.15) is 0 Å². The summed E-state index contributed by atoms with van der Waals surface area (Å²) in [5.74, 6) is 0.325. The maximum Gasteiger partial charge on any atom is 3.00 e. The predicted octanol–water partition coefficient (Wildman–Crippen LogP) is 4.90. The molecule has 1 unspecified atom stereocenters. The van der Waals surface area contributed by atoms with E-state index < -0.39 is 0 Å². The molecular formula is C39H39Cl2Zr. The fraction of sp³-hybridized carbons (Fsp3) is 0.256. The van der Waals surface area contributed by atoms with Crippen LogP contribution in [0.4, 0.5) is 0 Å². The molecule has 0 saturated carbocycles. The predicted molar refractivity (Wildman–Crippen MR) is 170 cm³/mol. The Hall–Kier alpha value is -2.31. The Labute approximate surface area is 284 Å². The molecule has 0 aliphatic heterocycles. The molecule has 42 heavy (non-hydrogen) atoms. The quantitative estimate of drug-likeness (QED) is 0.240. The molecule has 1 aliphatic carbocycles. The van der Waals surface area contributed by atoms with Crippen LogP contribution in [-0.2, 0) is 37.0 Å². The molecule has 0 spiro atoms. The van der Waals surface area contributed by atoms with E-state index in [9.17, 15) is 0 Å². The van der Waals surface area contributed by atoms with Gasteiger partial charge in [-0.1, -0.05) is 145 Å². The topological polar surface area (TPSA) is 0 Å². The zero-order valence-electron chi connectivity index (χ0n) is 25.6. The Kier molecular flexibility index (Phi) is 10.4. The standard InChI is InChI=1S/C39H39.2ClH.Zr/c1-25-31-18-13-14-20-33(31)37(35(25)26-15-9-8-10-16-26)36-32-19-12-11-17-27(32)23-34(36)28-21-29(38(2,3)4)24-30(22-28)39(5,6)7;;;/h8-25H,1-7H3;2*1H;/q-1;;;+3/p-2. The zero-order chi connectivity index (χ0) is 27.5. The van der Waals surface area contributed by atoms with Crippen molar-refractivity contribution in [2.24, 2.45) is 0 Å². The van der Waals surface area contributed by atoms with Gasteiger partial charge in [-0.25, -0.2) is 0 Å². The van der Waals surface area contributed by atoms with E-state index in [2.05, 4.69) is 152 Å². The zero-order valence-corrected chi connectivity index (χ0v) is 29.6. The van der Waals surface area contributed by atoms with Crippen molar-refractivity contribution in [3.8, 4) is 11.1 Å². The molecule has 0 amide bonds. The first-order valence-corrected chi connectivity index (χ1v) is 14.3. The Morgan fingerprint density at radius 1 is 0.619 bits per heavy atom. The van der Waals surface area contributed by atoms with E-state index >= 15 is 0 Å². The Balaban J connectivity index is 0.00000161. The second kappa shape index (κ2) is 12.7. The van der Waals surface area contributed by atoms with Crippen LogP contribution in [0.15, 0.2) is 103 Å². The van der Waals surface area contributed by atoms with Gasteiger partial charge in [-0.2, -0.15) is 0 Å². The van der Waals surface area contributed by atoms with Gasteiger partial charge in [-0.3, -0.25) is 0 Å². The minimum atomic E-state index is 0. The van der Waals surface area contributed by atoms with E-state index in [-0.39, 0.29) is 61.8 Å². The van der Waals surface area contributed by atoms with Gasteiger partial charge in [0, 0.05) is 5.92 Å². The molecule has 0 nitrogen and oxygen atoms in total. The van der Waals surface area contributed by atoms with Crippen molar-refractivity contribution in [2.75, 3.05) is 0 Å². The van der Waals surface area contributed by atoms with Crippen molar-refractivity contribution in [1.82, 2.24) is 0 Å². The summed E-state index contributed by atoms with van der Waals surface area (Å²) in [4.78, 5) is 0. The van der Waals surface area contributed by atoms with Gasteiger partial charge in [0.15, 0.2) is 0 Å². The third-order valence-corrected chi connectivity index (χ3v) is 8.51. The Morgan fingerprint density at radius 3 is 1.79 bits per heavy atom. The molecule has 213 valence electrons. The molecule has 0 N–H and O–H groups in total. The van der Waals surface area contributed by atoms with Gasteiger partial charge >= 0.3 is 26.2 Å². The third kappa shape index (κ3) is 6.04. The van der Waals surface area contributed by atoms with Crippen molar-refractivity contribution >= 4 is 21.9 Å². The van der Waals surface area contributed by atoms with Crippen molar-refractivity contribution in [3.05, 3.63) is 137 Å². The van der Waals surface area contributed by atoms with E-state index in [4.69, 9.17) is 0 Å². The summed E-state index contributed by atoms with van der Waals surface area (Å²) in [6.45, 7) is 16.3. The Bertz CT molecular complexity index is 1690. The Morgan fingerprint density at radius 2 is 1.17 bits per heavy atom. The van der Waals surface area contributed by atoms with Crippen LogP contribution in [-0.4, -0.2) is 0 Å². The number of allylic oxidation sites excluding steroid dienone is 1. The second-order valence-corrected chi connectivity index (χ2v) is 13.3. The molecule has 6 rings (SSSR count). The summed E-state index contributed by atoms with van der Waals surface area (Å²) in [6, 6.07) is 38.7. The van der Waals surface area contributed by atoms with Crippen LogP contribution in [0, 0.1) is 0 Å². The average Bonchev–Trinajstić information content (AvgIpc) is 3.43. The third-order valence-electron chi connectivity index (χ3n) is 8.51. The van der Waals surface area contributed by atoms with Crippen molar-refractivity contribution in [1.29, 1.82) is 0 Å². The van der Waals surface area contributed by atoms with Crippen LogP contribution in [0.25, 0.3) is 33.0 Å². The van der Waals surface area contributed by atoms with E-state index in [1.54, 1.807) is 0 Å². The molecule has 1 atom stereocenters. The molecule has 0 fully saturated rings. The maximum absolute atomic E-state index is 2.44. The molecule has 1 aliphatic rings. The minimum Gasteiger partial charge on any atom is -1.00 e. The summed E-state index contributed by atoms with van der Waals surface area (Å²) in [6.07, 6.45) is 0. The SMILES string of the molecule is CC1C(c2ccccc2)=C(c2c(-c3cc(C(C)(C)C)cc(C(C)(C)C)c3)[cH-]c3ccccc23)c2ccccc21.[Cl-].[Cl-].[Zr+3]. The number of halogens is 2. The van der Waals surface area contributed by atoms with Crippen molar-refractivity contribution in [2.45, 2.75) is 65.2 Å². The monoisotopic (exact) mass is 667 g/mol. The van der Waals surface area contributed by atoms with Crippen LogP contribution in [0.1, 0.15) is 87.8 Å². The molecule has 0 saturated heterocycles. The number of hydrogen-bond donors (Lipinski definition) is 0. The summed E-state index contributed by atoms with van der Waals surface area (Å²) < 4.78 is 0. The number of fused-ring (bicyclic) bond motifs is 2. The smallest absolute Gasteiger partial charge is 1.00 e. The fourth-order valence-electron chi connectivity index (χ4n) is 6.27. The van der Waals surface area contributed by atoms with Gasteiger partial charge in [-0.05, 0) is 49.8 Å². The molecule has 5 aromatic rings. The van der Waals surface area contributed by atoms with Crippen LogP contribution in [0.5, 0.6) is 0 Å². The van der Waals surface area contributed by atoms with Crippen molar-refractivity contribution in [3.63, 3.8) is 0 Å². The fourth-order valence-corrected chi connectivity index (χ4v) is 6.27. The van der Waals surface area contributed by atoms with Crippen molar-refractivity contribution < 1.29 is 51.0 Å². The molecule has 0 bridgehead atoms. The van der Waals surface area contributed by atoms with Gasteiger partial charge in [-0.15, -0.1) is 34.0 Å². The molecule has 0 heterocycles. The normalized spacial score (nSPS) is 14.6. The van der Waals surface area contributed by atoms with Crippen LogP contribution in [0.2, 0.25) is 0 Å². The first-order chi connectivity index (χ1) is 18.5.